The average molecular weight is 228 g/mol. The van der Waals surface area contributed by atoms with E-state index in [1.54, 1.807) is 24.3 Å². The number of hydrogen-bond acceptors (Lipinski definition) is 3. The molecule has 1 rings (SSSR count). The molecule has 15 heavy (non-hydrogen) atoms. The fraction of sp³-hybridized carbons (Fsp3) is 0.300. The number of hydrogen-bond donors (Lipinski definition) is 2. The number of para-hydroxylation sites is 1. The first-order valence-electron chi connectivity index (χ1n) is 4.40. The molecule has 0 amide bonds. The largest absolute Gasteiger partial charge is 0.480 e. The average Bonchev–Trinajstić information content (AvgIpc) is 2.18. The summed E-state index contributed by atoms with van der Waals surface area (Å²) >= 11 is 0. The molecule has 0 aromatic heterocycles. The predicted molar refractivity (Wildman–Crippen MR) is 57.9 cm³/mol. The van der Waals surface area contributed by atoms with Crippen LogP contribution < -0.4 is 4.52 Å². The number of benzene rings is 1. The van der Waals surface area contributed by atoms with Crippen molar-refractivity contribution in [2.24, 2.45) is 0 Å². The van der Waals surface area contributed by atoms with Crippen molar-refractivity contribution in [1.29, 1.82) is 0 Å². The summed E-state index contributed by atoms with van der Waals surface area (Å²) in [6, 6.07) is 8.67. The van der Waals surface area contributed by atoms with Crippen molar-refractivity contribution in [3.05, 3.63) is 30.3 Å². The third kappa shape index (κ3) is 2.91. The highest BCUT2D eigenvalue weighted by atomic mass is 31.2. The molecule has 1 aromatic carbocycles. The van der Waals surface area contributed by atoms with E-state index in [0.29, 0.717) is 5.75 Å². The minimum Gasteiger partial charge on any atom is -0.480 e. The number of carboxylic acid groups (broad SMARTS) is 1. The molecule has 0 aliphatic rings. The SMILES string of the molecule is CC(C)(C(=O)O)P(O)Oc1ccccc1. The molecule has 4 nitrogen and oxygen atoms in total. The first-order chi connectivity index (χ1) is 6.94. The zero-order valence-electron chi connectivity index (χ0n) is 8.54. The topological polar surface area (TPSA) is 66.8 Å². The van der Waals surface area contributed by atoms with E-state index in [-0.39, 0.29) is 0 Å². The lowest BCUT2D eigenvalue weighted by Gasteiger charge is -2.24. The van der Waals surface area contributed by atoms with Crippen LogP contribution in [0, 0.1) is 0 Å². The van der Waals surface area contributed by atoms with Gasteiger partial charge in [0.15, 0.2) is 0 Å². The molecule has 0 aliphatic heterocycles. The Kier molecular flexibility index (Phi) is 3.66. The summed E-state index contributed by atoms with van der Waals surface area (Å²) in [5.74, 6) is -0.604. The van der Waals surface area contributed by atoms with Gasteiger partial charge in [-0.25, -0.2) is 0 Å². The summed E-state index contributed by atoms with van der Waals surface area (Å²) in [6.45, 7) is 2.87. The summed E-state index contributed by atoms with van der Waals surface area (Å²) in [6.07, 6.45) is 0. The molecule has 5 heteroatoms. The van der Waals surface area contributed by atoms with Crippen LogP contribution in [0.25, 0.3) is 0 Å². The first-order valence-corrected chi connectivity index (χ1v) is 5.61. The lowest BCUT2D eigenvalue weighted by atomic mass is 10.2. The van der Waals surface area contributed by atoms with Gasteiger partial charge in [0.2, 0.25) is 8.38 Å². The van der Waals surface area contributed by atoms with Gasteiger partial charge >= 0.3 is 5.97 Å². The third-order valence-corrected chi connectivity index (χ3v) is 3.47. The van der Waals surface area contributed by atoms with E-state index in [0.717, 1.165) is 0 Å². The molecule has 1 unspecified atom stereocenters. The summed E-state index contributed by atoms with van der Waals surface area (Å²) < 4.78 is 5.18. The molecule has 1 atom stereocenters. The van der Waals surface area contributed by atoms with Gasteiger partial charge in [-0.15, -0.1) is 0 Å². The van der Waals surface area contributed by atoms with Gasteiger partial charge in [-0.05, 0) is 26.0 Å². The van der Waals surface area contributed by atoms with Gasteiger partial charge in [-0.2, -0.15) is 0 Å². The second-order valence-electron chi connectivity index (χ2n) is 3.54. The van der Waals surface area contributed by atoms with Gasteiger partial charge in [0.05, 0.1) is 0 Å². The maximum Gasteiger partial charge on any atom is 0.319 e. The van der Waals surface area contributed by atoms with E-state index >= 15 is 0 Å². The molecule has 82 valence electrons. The Balaban J connectivity index is 2.72. The predicted octanol–water partition coefficient (Wildman–Crippen LogP) is 2.23. The summed E-state index contributed by atoms with van der Waals surface area (Å²) in [5, 5.41) is 7.59. The van der Waals surface area contributed by atoms with E-state index in [9.17, 15) is 9.69 Å². The van der Waals surface area contributed by atoms with Gasteiger partial charge in [-0.1, -0.05) is 18.2 Å². The van der Waals surface area contributed by atoms with Crippen molar-refractivity contribution in [3.8, 4) is 5.75 Å². The van der Waals surface area contributed by atoms with Crippen LogP contribution in [0.1, 0.15) is 13.8 Å². The molecular formula is C10H13O4P. The molecule has 2 N–H and O–H groups in total. The fourth-order valence-corrected chi connectivity index (χ4v) is 1.49. The Morgan fingerprint density at radius 1 is 1.33 bits per heavy atom. The molecular weight excluding hydrogens is 215 g/mol. The van der Waals surface area contributed by atoms with Gasteiger partial charge in [0.1, 0.15) is 10.9 Å². The van der Waals surface area contributed by atoms with Crippen molar-refractivity contribution < 1.29 is 19.3 Å². The maximum absolute atomic E-state index is 10.8. The Hall–Kier alpha value is -1.12. The van der Waals surface area contributed by atoms with Crippen molar-refractivity contribution in [3.63, 3.8) is 0 Å². The van der Waals surface area contributed by atoms with Gasteiger partial charge in [-0.3, -0.25) is 4.79 Å². The molecule has 0 saturated carbocycles. The minimum absolute atomic E-state index is 0.473. The molecule has 0 heterocycles. The second kappa shape index (κ2) is 4.60. The fourth-order valence-electron chi connectivity index (χ4n) is 0.777. The normalized spacial score (nSPS) is 13.3. The zero-order valence-corrected chi connectivity index (χ0v) is 9.44. The second-order valence-corrected chi connectivity index (χ2v) is 5.39. The lowest BCUT2D eigenvalue weighted by Crippen LogP contribution is -2.30. The highest BCUT2D eigenvalue weighted by Gasteiger charge is 2.39. The quantitative estimate of drug-likeness (QED) is 0.775. The number of carbonyl (C=O) groups is 1. The van der Waals surface area contributed by atoms with Crippen LogP contribution in [0.3, 0.4) is 0 Å². The van der Waals surface area contributed by atoms with Gasteiger partial charge < -0.3 is 14.5 Å². The highest BCUT2D eigenvalue weighted by molar-refractivity contribution is 7.49. The standard InChI is InChI=1S/C10H13O4P/c1-10(2,9(11)12)15(13)14-8-6-4-3-5-7-8/h3-7,13H,1-2H3,(H,11,12). The Morgan fingerprint density at radius 2 is 1.87 bits per heavy atom. The minimum atomic E-state index is -2.04. The number of carboxylic acids is 1. The summed E-state index contributed by atoms with van der Waals surface area (Å²) in [5.41, 5.74) is 0. The van der Waals surface area contributed by atoms with Crippen LogP contribution in [-0.2, 0) is 4.79 Å². The first kappa shape index (κ1) is 12.0. The van der Waals surface area contributed by atoms with Crippen LogP contribution in [-0.4, -0.2) is 21.1 Å². The van der Waals surface area contributed by atoms with Crippen molar-refractivity contribution >= 4 is 14.3 Å². The van der Waals surface area contributed by atoms with E-state index in [1.165, 1.54) is 13.8 Å². The molecule has 0 fully saturated rings. The van der Waals surface area contributed by atoms with Crippen LogP contribution in [0.15, 0.2) is 30.3 Å². The molecule has 1 aromatic rings. The van der Waals surface area contributed by atoms with E-state index in [4.69, 9.17) is 9.63 Å². The number of rotatable bonds is 4. The van der Waals surface area contributed by atoms with E-state index in [2.05, 4.69) is 0 Å². The third-order valence-electron chi connectivity index (χ3n) is 1.94. The van der Waals surface area contributed by atoms with Crippen molar-refractivity contribution in [2.75, 3.05) is 0 Å². The van der Waals surface area contributed by atoms with Crippen LogP contribution in [0.4, 0.5) is 0 Å². The molecule has 0 spiro atoms. The Morgan fingerprint density at radius 3 is 2.33 bits per heavy atom. The maximum atomic E-state index is 10.8. The lowest BCUT2D eigenvalue weighted by molar-refractivity contribution is -0.139. The van der Waals surface area contributed by atoms with Crippen LogP contribution in [0.5, 0.6) is 5.75 Å². The van der Waals surface area contributed by atoms with E-state index < -0.39 is 19.5 Å². The van der Waals surface area contributed by atoms with E-state index in [1.807, 2.05) is 6.07 Å². The van der Waals surface area contributed by atoms with Crippen molar-refractivity contribution in [1.82, 2.24) is 0 Å². The van der Waals surface area contributed by atoms with Gasteiger partial charge in [0, 0.05) is 0 Å². The number of aliphatic carboxylic acids is 1. The Bertz CT molecular complexity index is 337. The monoisotopic (exact) mass is 228 g/mol. The highest BCUT2D eigenvalue weighted by Crippen LogP contribution is 2.46. The van der Waals surface area contributed by atoms with Gasteiger partial charge in [0.25, 0.3) is 0 Å². The summed E-state index contributed by atoms with van der Waals surface area (Å²) in [4.78, 5) is 20.5. The smallest absolute Gasteiger partial charge is 0.319 e. The Labute approximate surface area is 89.4 Å². The molecule has 0 bridgehead atoms. The molecule has 0 saturated heterocycles. The van der Waals surface area contributed by atoms with Crippen LogP contribution >= 0.6 is 8.38 Å². The molecule has 0 radical (unpaired) electrons. The van der Waals surface area contributed by atoms with Crippen LogP contribution in [0.2, 0.25) is 0 Å². The summed E-state index contributed by atoms with van der Waals surface area (Å²) in [7, 11) is -2.04. The molecule has 0 aliphatic carbocycles. The zero-order chi connectivity index (χ0) is 11.5. The van der Waals surface area contributed by atoms with Crippen molar-refractivity contribution in [2.45, 2.75) is 19.0 Å².